The molecular weight excluding hydrogens is 232 g/mol. The third kappa shape index (κ3) is 1.41. The lowest BCUT2D eigenvalue weighted by atomic mass is 10.1. The molecule has 0 aliphatic heterocycles. The minimum absolute atomic E-state index is 0.108. The smallest absolute Gasteiger partial charge is 0.339 e. The van der Waals surface area contributed by atoms with Crippen LogP contribution in [0.25, 0.3) is 22.4 Å². The Labute approximate surface area is 102 Å². The summed E-state index contributed by atoms with van der Waals surface area (Å²) in [6.07, 6.45) is 1.28. The number of fused-ring (bicyclic) bond motifs is 1. The molecule has 0 fully saturated rings. The molecule has 5 nitrogen and oxygen atoms in total. The van der Waals surface area contributed by atoms with Crippen molar-refractivity contribution in [2.24, 2.45) is 0 Å². The van der Waals surface area contributed by atoms with Gasteiger partial charge >= 0.3 is 5.97 Å². The maximum Gasteiger partial charge on any atom is 0.339 e. The number of carbonyl (C=O) groups is 1. The molecule has 18 heavy (non-hydrogen) atoms. The van der Waals surface area contributed by atoms with Crippen LogP contribution >= 0.6 is 0 Å². The summed E-state index contributed by atoms with van der Waals surface area (Å²) in [6, 6.07) is 7.58. The van der Waals surface area contributed by atoms with Crippen LogP contribution in [0.15, 0.2) is 34.9 Å². The molecule has 0 aliphatic carbocycles. The SMILES string of the molecule is Cc1c(-c2[nH]ncc2C(=O)O)oc2ccccc12. The Hall–Kier alpha value is -2.56. The first-order valence-corrected chi connectivity index (χ1v) is 5.43. The van der Waals surface area contributed by atoms with Crippen molar-refractivity contribution >= 4 is 16.9 Å². The summed E-state index contributed by atoms with van der Waals surface area (Å²) < 4.78 is 5.70. The fraction of sp³-hybridized carbons (Fsp3) is 0.0769. The number of aromatic amines is 1. The number of hydrogen-bond donors (Lipinski definition) is 2. The second-order valence-electron chi connectivity index (χ2n) is 4.02. The van der Waals surface area contributed by atoms with Crippen LogP contribution in [0.2, 0.25) is 0 Å². The molecule has 0 radical (unpaired) electrons. The highest BCUT2D eigenvalue weighted by Gasteiger charge is 2.20. The van der Waals surface area contributed by atoms with Crippen molar-refractivity contribution in [1.29, 1.82) is 0 Å². The van der Waals surface area contributed by atoms with E-state index in [-0.39, 0.29) is 5.56 Å². The number of rotatable bonds is 2. The van der Waals surface area contributed by atoms with Gasteiger partial charge in [-0.15, -0.1) is 0 Å². The predicted molar refractivity (Wildman–Crippen MR) is 65.5 cm³/mol. The zero-order valence-electron chi connectivity index (χ0n) is 9.60. The second-order valence-corrected chi connectivity index (χ2v) is 4.02. The average molecular weight is 242 g/mol. The number of nitrogens with zero attached hydrogens (tertiary/aromatic N) is 1. The number of carboxylic acid groups (broad SMARTS) is 1. The maximum absolute atomic E-state index is 11.1. The first-order valence-electron chi connectivity index (χ1n) is 5.43. The fourth-order valence-electron chi connectivity index (χ4n) is 2.03. The Morgan fingerprint density at radius 1 is 1.39 bits per heavy atom. The van der Waals surface area contributed by atoms with Crippen LogP contribution in [-0.4, -0.2) is 21.3 Å². The highest BCUT2D eigenvalue weighted by Crippen LogP contribution is 2.33. The summed E-state index contributed by atoms with van der Waals surface area (Å²) in [5.41, 5.74) is 2.14. The van der Waals surface area contributed by atoms with Crippen molar-refractivity contribution in [3.05, 3.63) is 41.6 Å². The number of hydrogen-bond acceptors (Lipinski definition) is 3. The number of H-pyrrole nitrogens is 1. The zero-order valence-corrected chi connectivity index (χ0v) is 9.60. The van der Waals surface area contributed by atoms with Crippen LogP contribution in [0.4, 0.5) is 0 Å². The summed E-state index contributed by atoms with van der Waals surface area (Å²) >= 11 is 0. The molecule has 1 aromatic carbocycles. The minimum Gasteiger partial charge on any atom is -0.478 e. The van der Waals surface area contributed by atoms with E-state index < -0.39 is 5.97 Å². The van der Waals surface area contributed by atoms with Gasteiger partial charge in [-0.3, -0.25) is 5.10 Å². The average Bonchev–Trinajstić information content (AvgIpc) is 2.94. The van der Waals surface area contributed by atoms with E-state index in [2.05, 4.69) is 10.2 Å². The summed E-state index contributed by atoms with van der Waals surface area (Å²) in [5, 5.41) is 16.5. The molecule has 0 aliphatic rings. The van der Waals surface area contributed by atoms with Crippen LogP contribution in [0, 0.1) is 6.92 Å². The van der Waals surface area contributed by atoms with Crippen LogP contribution in [0.5, 0.6) is 0 Å². The van der Waals surface area contributed by atoms with Crippen molar-refractivity contribution in [2.75, 3.05) is 0 Å². The van der Waals surface area contributed by atoms with Gasteiger partial charge in [-0.05, 0) is 13.0 Å². The van der Waals surface area contributed by atoms with Crippen LogP contribution < -0.4 is 0 Å². The number of para-hydroxylation sites is 1. The summed E-state index contributed by atoms with van der Waals surface area (Å²) in [7, 11) is 0. The molecule has 0 bridgehead atoms. The largest absolute Gasteiger partial charge is 0.478 e. The van der Waals surface area contributed by atoms with Gasteiger partial charge in [0.2, 0.25) is 0 Å². The van der Waals surface area contributed by atoms with Gasteiger partial charge in [0, 0.05) is 10.9 Å². The lowest BCUT2D eigenvalue weighted by molar-refractivity contribution is 0.0697. The van der Waals surface area contributed by atoms with Crippen molar-refractivity contribution < 1.29 is 14.3 Å². The highest BCUT2D eigenvalue weighted by molar-refractivity contribution is 5.96. The number of furan rings is 1. The molecule has 3 rings (SSSR count). The van der Waals surface area contributed by atoms with Gasteiger partial charge in [-0.2, -0.15) is 5.10 Å². The second kappa shape index (κ2) is 3.73. The number of nitrogens with one attached hydrogen (secondary N) is 1. The first-order chi connectivity index (χ1) is 8.68. The normalized spacial score (nSPS) is 10.9. The van der Waals surface area contributed by atoms with Crippen LogP contribution in [0.1, 0.15) is 15.9 Å². The Balaban J connectivity index is 2.29. The van der Waals surface area contributed by atoms with Crippen LogP contribution in [-0.2, 0) is 0 Å². The molecule has 5 heteroatoms. The summed E-state index contributed by atoms with van der Waals surface area (Å²) in [4.78, 5) is 11.1. The fourth-order valence-corrected chi connectivity index (χ4v) is 2.03. The molecular formula is C13H10N2O3. The van der Waals surface area contributed by atoms with Gasteiger partial charge in [0.05, 0.1) is 6.20 Å². The van der Waals surface area contributed by atoms with E-state index in [1.807, 2.05) is 31.2 Å². The van der Waals surface area contributed by atoms with Gasteiger partial charge in [-0.1, -0.05) is 18.2 Å². The van der Waals surface area contributed by atoms with Gasteiger partial charge in [-0.25, -0.2) is 4.79 Å². The molecule has 0 unspecified atom stereocenters. The predicted octanol–water partition coefficient (Wildman–Crippen LogP) is 2.83. The Morgan fingerprint density at radius 2 is 2.17 bits per heavy atom. The van der Waals surface area contributed by atoms with Gasteiger partial charge in [0.15, 0.2) is 5.76 Å². The lowest BCUT2D eigenvalue weighted by Crippen LogP contribution is -1.96. The molecule has 0 spiro atoms. The van der Waals surface area contributed by atoms with Crippen molar-refractivity contribution in [2.45, 2.75) is 6.92 Å². The highest BCUT2D eigenvalue weighted by atomic mass is 16.4. The van der Waals surface area contributed by atoms with E-state index in [4.69, 9.17) is 9.52 Å². The molecule has 0 saturated carbocycles. The summed E-state index contributed by atoms with van der Waals surface area (Å²) in [6.45, 7) is 1.90. The third-order valence-corrected chi connectivity index (χ3v) is 2.94. The Bertz CT molecular complexity index is 740. The van der Waals surface area contributed by atoms with Gasteiger partial charge < -0.3 is 9.52 Å². The van der Waals surface area contributed by atoms with E-state index in [0.29, 0.717) is 11.5 Å². The molecule has 3 aromatic rings. The lowest BCUT2D eigenvalue weighted by Gasteiger charge is -1.96. The number of carboxylic acids is 1. The number of aromatic nitrogens is 2. The van der Waals surface area contributed by atoms with Crippen molar-refractivity contribution in [3.8, 4) is 11.5 Å². The quantitative estimate of drug-likeness (QED) is 0.724. The van der Waals surface area contributed by atoms with E-state index in [1.165, 1.54) is 6.20 Å². The Kier molecular flexibility index (Phi) is 2.19. The molecule has 0 saturated heterocycles. The molecule has 0 amide bonds. The van der Waals surface area contributed by atoms with E-state index in [1.54, 1.807) is 0 Å². The molecule has 90 valence electrons. The standard InChI is InChI=1S/C13H10N2O3/c1-7-8-4-2-3-5-10(8)18-12(7)11-9(13(16)17)6-14-15-11/h2-6H,1H3,(H,14,15)(H,16,17). The first kappa shape index (κ1) is 10.6. The minimum atomic E-state index is -1.03. The van der Waals surface area contributed by atoms with Gasteiger partial charge in [0.25, 0.3) is 0 Å². The van der Waals surface area contributed by atoms with E-state index >= 15 is 0 Å². The molecule has 2 N–H and O–H groups in total. The zero-order chi connectivity index (χ0) is 12.7. The van der Waals surface area contributed by atoms with Gasteiger partial charge in [0.1, 0.15) is 16.8 Å². The molecule has 2 heterocycles. The number of aryl methyl sites for hydroxylation is 1. The van der Waals surface area contributed by atoms with Crippen LogP contribution in [0.3, 0.4) is 0 Å². The topological polar surface area (TPSA) is 79.1 Å². The third-order valence-electron chi connectivity index (χ3n) is 2.94. The number of benzene rings is 1. The number of aromatic carboxylic acids is 1. The maximum atomic E-state index is 11.1. The van der Waals surface area contributed by atoms with Crippen molar-refractivity contribution in [3.63, 3.8) is 0 Å². The molecule has 0 atom stereocenters. The molecule has 2 aromatic heterocycles. The summed E-state index contributed by atoms with van der Waals surface area (Å²) in [5.74, 6) is -0.510. The Morgan fingerprint density at radius 3 is 2.89 bits per heavy atom. The van der Waals surface area contributed by atoms with E-state index in [9.17, 15) is 4.79 Å². The van der Waals surface area contributed by atoms with Crippen molar-refractivity contribution in [1.82, 2.24) is 10.2 Å². The monoisotopic (exact) mass is 242 g/mol. The van der Waals surface area contributed by atoms with E-state index in [0.717, 1.165) is 16.5 Å².